The summed E-state index contributed by atoms with van der Waals surface area (Å²) in [5.74, 6) is 0.456. The molecule has 0 aliphatic carbocycles. The molecule has 1 aromatic heterocycles. The van der Waals surface area contributed by atoms with E-state index in [1.165, 1.54) is 0 Å². The number of anilines is 1. The molecule has 0 bridgehead atoms. The zero-order chi connectivity index (χ0) is 13.2. The number of nitrogens with zero attached hydrogens (tertiary/aromatic N) is 1. The average molecular weight is 243 g/mol. The highest BCUT2D eigenvalue weighted by Crippen LogP contribution is 2.22. The molecule has 0 atom stereocenters. The topological polar surface area (TPSA) is 68.0 Å². The van der Waals surface area contributed by atoms with Gasteiger partial charge in [-0.2, -0.15) is 0 Å². The van der Waals surface area contributed by atoms with Crippen LogP contribution in [0.3, 0.4) is 0 Å². The maximum absolute atomic E-state index is 11.3. The third kappa shape index (κ3) is 2.42. The van der Waals surface area contributed by atoms with E-state index in [4.69, 9.17) is 5.73 Å². The van der Waals surface area contributed by atoms with E-state index in [2.05, 4.69) is 10.3 Å². The van der Waals surface area contributed by atoms with E-state index in [1.807, 2.05) is 44.2 Å². The Balaban J connectivity index is 2.25. The van der Waals surface area contributed by atoms with Crippen LogP contribution in [0.15, 0.2) is 36.5 Å². The van der Waals surface area contributed by atoms with Gasteiger partial charge in [0.2, 0.25) is 5.91 Å². The van der Waals surface area contributed by atoms with Gasteiger partial charge in [-0.3, -0.25) is 4.79 Å². The fourth-order valence-electron chi connectivity index (χ4n) is 1.65. The highest BCUT2D eigenvalue weighted by Gasteiger charge is 2.24. The third-order valence-electron chi connectivity index (χ3n) is 3.04. The standard InChI is InChI=1S/C14H17N3O/c1-14(2,13(15)18)9-17-12-11-6-4-3-5-10(11)7-8-16-12/h3-8H,9H2,1-2H3,(H2,15,18)(H,16,17). The monoisotopic (exact) mass is 243 g/mol. The molecule has 4 heteroatoms. The third-order valence-corrected chi connectivity index (χ3v) is 3.04. The van der Waals surface area contributed by atoms with Gasteiger partial charge in [0.15, 0.2) is 0 Å². The normalized spacial score (nSPS) is 11.4. The molecular weight excluding hydrogens is 226 g/mol. The second-order valence-electron chi connectivity index (χ2n) is 4.98. The van der Waals surface area contributed by atoms with Crippen LogP contribution in [-0.4, -0.2) is 17.4 Å². The predicted molar refractivity (Wildman–Crippen MR) is 73.2 cm³/mol. The molecule has 2 aromatic rings. The summed E-state index contributed by atoms with van der Waals surface area (Å²) in [4.78, 5) is 15.6. The minimum Gasteiger partial charge on any atom is -0.369 e. The average Bonchev–Trinajstić information content (AvgIpc) is 2.36. The van der Waals surface area contributed by atoms with Crippen LogP contribution in [0.25, 0.3) is 10.8 Å². The highest BCUT2D eigenvalue weighted by molar-refractivity contribution is 5.91. The molecule has 1 aromatic carbocycles. The molecule has 94 valence electrons. The molecule has 0 unspecified atom stereocenters. The van der Waals surface area contributed by atoms with Crippen LogP contribution in [0.2, 0.25) is 0 Å². The zero-order valence-electron chi connectivity index (χ0n) is 10.6. The summed E-state index contributed by atoms with van der Waals surface area (Å²) in [5, 5.41) is 5.36. The quantitative estimate of drug-likeness (QED) is 0.864. The SMILES string of the molecule is CC(C)(CNc1nccc2ccccc12)C(N)=O. The molecule has 1 amide bonds. The molecule has 2 rings (SSSR count). The van der Waals surface area contributed by atoms with E-state index < -0.39 is 5.41 Å². The number of fused-ring (bicyclic) bond motifs is 1. The second kappa shape index (κ2) is 4.64. The highest BCUT2D eigenvalue weighted by atomic mass is 16.1. The van der Waals surface area contributed by atoms with E-state index >= 15 is 0 Å². The first kappa shape index (κ1) is 12.4. The lowest BCUT2D eigenvalue weighted by Gasteiger charge is -2.21. The van der Waals surface area contributed by atoms with Crippen LogP contribution in [0.1, 0.15) is 13.8 Å². The van der Waals surface area contributed by atoms with Crippen molar-refractivity contribution in [2.45, 2.75) is 13.8 Å². The Morgan fingerprint density at radius 3 is 2.78 bits per heavy atom. The Morgan fingerprint density at radius 2 is 2.06 bits per heavy atom. The van der Waals surface area contributed by atoms with Crippen molar-refractivity contribution in [1.29, 1.82) is 0 Å². The molecule has 0 spiro atoms. The van der Waals surface area contributed by atoms with Crippen molar-refractivity contribution >= 4 is 22.5 Å². The molecule has 0 fully saturated rings. The molecule has 0 aliphatic heterocycles. The Hall–Kier alpha value is -2.10. The van der Waals surface area contributed by atoms with Crippen LogP contribution in [0.4, 0.5) is 5.82 Å². The number of carbonyl (C=O) groups excluding carboxylic acids is 1. The number of rotatable bonds is 4. The number of aromatic nitrogens is 1. The lowest BCUT2D eigenvalue weighted by atomic mass is 9.93. The predicted octanol–water partition coefficient (Wildman–Crippen LogP) is 2.16. The van der Waals surface area contributed by atoms with E-state index in [-0.39, 0.29) is 5.91 Å². The molecule has 18 heavy (non-hydrogen) atoms. The van der Waals surface area contributed by atoms with Crippen molar-refractivity contribution in [1.82, 2.24) is 4.98 Å². The smallest absolute Gasteiger partial charge is 0.224 e. The van der Waals surface area contributed by atoms with Crippen molar-refractivity contribution in [3.05, 3.63) is 36.5 Å². The molecule has 0 radical (unpaired) electrons. The van der Waals surface area contributed by atoms with Gasteiger partial charge in [-0.05, 0) is 25.3 Å². The number of benzene rings is 1. The van der Waals surface area contributed by atoms with Crippen molar-refractivity contribution < 1.29 is 4.79 Å². The molecular formula is C14H17N3O. The Bertz CT molecular complexity index is 573. The maximum Gasteiger partial charge on any atom is 0.224 e. The van der Waals surface area contributed by atoms with E-state index in [0.717, 1.165) is 16.6 Å². The summed E-state index contributed by atoms with van der Waals surface area (Å²) in [6.07, 6.45) is 1.75. The minimum absolute atomic E-state index is 0.324. The van der Waals surface area contributed by atoms with Crippen molar-refractivity contribution in [2.24, 2.45) is 11.1 Å². The summed E-state index contributed by atoms with van der Waals surface area (Å²) in [6, 6.07) is 9.94. The summed E-state index contributed by atoms with van der Waals surface area (Å²) < 4.78 is 0. The number of amides is 1. The number of nitrogens with one attached hydrogen (secondary N) is 1. The maximum atomic E-state index is 11.3. The number of carbonyl (C=O) groups is 1. The van der Waals surface area contributed by atoms with Crippen LogP contribution in [0.5, 0.6) is 0 Å². The second-order valence-corrected chi connectivity index (χ2v) is 4.98. The molecule has 4 nitrogen and oxygen atoms in total. The molecule has 3 N–H and O–H groups in total. The molecule has 0 saturated carbocycles. The molecule has 1 heterocycles. The van der Waals surface area contributed by atoms with Gasteiger partial charge in [0.25, 0.3) is 0 Å². The lowest BCUT2D eigenvalue weighted by molar-refractivity contribution is -0.125. The van der Waals surface area contributed by atoms with Gasteiger partial charge in [0.05, 0.1) is 5.41 Å². The Labute approximate surface area is 106 Å². The number of hydrogen-bond donors (Lipinski definition) is 2. The van der Waals surface area contributed by atoms with Gasteiger partial charge in [-0.1, -0.05) is 24.3 Å². The van der Waals surface area contributed by atoms with Crippen LogP contribution < -0.4 is 11.1 Å². The van der Waals surface area contributed by atoms with Gasteiger partial charge in [-0.15, -0.1) is 0 Å². The van der Waals surface area contributed by atoms with Gasteiger partial charge in [0, 0.05) is 18.1 Å². The minimum atomic E-state index is -0.599. The summed E-state index contributed by atoms with van der Waals surface area (Å²) >= 11 is 0. The van der Waals surface area contributed by atoms with Crippen molar-refractivity contribution in [2.75, 3.05) is 11.9 Å². The first-order valence-electron chi connectivity index (χ1n) is 5.88. The van der Waals surface area contributed by atoms with Gasteiger partial charge in [-0.25, -0.2) is 4.98 Å². The number of primary amides is 1. The fourth-order valence-corrected chi connectivity index (χ4v) is 1.65. The Morgan fingerprint density at radius 1 is 1.33 bits per heavy atom. The number of nitrogens with two attached hydrogens (primary N) is 1. The fraction of sp³-hybridized carbons (Fsp3) is 0.286. The van der Waals surface area contributed by atoms with Gasteiger partial charge in [0.1, 0.15) is 5.82 Å². The Kier molecular flexibility index (Phi) is 3.19. The van der Waals surface area contributed by atoms with E-state index in [9.17, 15) is 4.79 Å². The van der Waals surface area contributed by atoms with Crippen molar-refractivity contribution in [3.63, 3.8) is 0 Å². The van der Waals surface area contributed by atoms with Crippen LogP contribution in [0, 0.1) is 5.41 Å². The lowest BCUT2D eigenvalue weighted by Crippen LogP contribution is -2.37. The number of pyridine rings is 1. The van der Waals surface area contributed by atoms with Gasteiger partial charge >= 0.3 is 0 Å². The summed E-state index contributed by atoms with van der Waals surface area (Å²) in [5.41, 5.74) is 4.75. The first-order chi connectivity index (χ1) is 8.50. The zero-order valence-corrected chi connectivity index (χ0v) is 10.6. The van der Waals surface area contributed by atoms with Gasteiger partial charge < -0.3 is 11.1 Å². The first-order valence-corrected chi connectivity index (χ1v) is 5.88. The molecule has 0 aliphatic rings. The number of hydrogen-bond acceptors (Lipinski definition) is 3. The van der Waals surface area contributed by atoms with Crippen LogP contribution in [-0.2, 0) is 4.79 Å². The summed E-state index contributed by atoms with van der Waals surface area (Å²) in [6.45, 7) is 4.09. The largest absolute Gasteiger partial charge is 0.369 e. The van der Waals surface area contributed by atoms with E-state index in [0.29, 0.717) is 6.54 Å². The van der Waals surface area contributed by atoms with E-state index in [1.54, 1.807) is 6.20 Å². The van der Waals surface area contributed by atoms with Crippen molar-refractivity contribution in [3.8, 4) is 0 Å². The van der Waals surface area contributed by atoms with Crippen LogP contribution >= 0.6 is 0 Å². The summed E-state index contributed by atoms with van der Waals surface area (Å²) in [7, 11) is 0. The molecule has 0 saturated heterocycles.